The van der Waals surface area contributed by atoms with Gasteiger partial charge >= 0.3 is 0 Å². The second kappa shape index (κ2) is 20.7. The molecule has 0 N–H and O–H groups in total. The van der Waals surface area contributed by atoms with Gasteiger partial charge in [0.25, 0.3) is 0 Å². The van der Waals surface area contributed by atoms with Gasteiger partial charge < -0.3 is 9.13 Å². The molecule has 0 saturated heterocycles. The zero-order valence-corrected chi connectivity index (χ0v) is 52.0. The van der Waals surface area contributed by atoms with Gasteiger partial charge in [0.05, 0.1) is 67.2 Å². The maximum absolute atomic E-state index is 10.7. The van der Waals surface area contributed by atoms with Crippen LogP contribution in [0.4, 0.5) is 0 Å². The van der Waals surface area contributed by atoms with Crippen molar-refractivity contribution in [2.45, 2.75) is 52.4 Å². The molecule has 6 heterocycles. The van der Waals surface area contributed by atoms with Crippen LogP contribution in [0.2, 0.25) is 0 Å². The summed E-state index contributed by atoms with van der Waals surface area (Å²) in [7, 11) is 0. The van der Waals surface area contributed by atoms with E-state index in [0.29, 0.717) is 17.2 Å². The molecule has 0 aliphatic heterocycles. The van der Waals surface area contributed by atoms with Crippen molar-refractivity contribution >= 4 is 87.2 Å². The predicted molar refractivity (Wildman–Crippen MR) is 381 cm³/mol. The van der Waals surface area contributed by atoms with Gasteiger partial charge in [0, 0.05) is 65.3 Å². The largest absolute Gasteiger partial charge is 0.305 e. The number of hydrogen-bond acceptors (Lipinski definition) is 4. The van der Waals surface area contributed by atoms with Crippen molar-refractivity contribution in [2.75, 3.05) is 0 Å². The Bertz CT molecular complexity index is 5800. The molecule has 0 unspecified atom stereocenters. The molecule has 17 rings (SSSR count). The first-order chi connectivity index (χ1) is 44.9. The van der Waals surface area contributed by atoms with E-state index in [4.69, 9.17) is 15.0 Å². The Morgan fingerprint density at radius 2 is 0.641 bits per heavy atom. The zero-order chi connectivity index (χ0) is 62.1. The molecule has 8 nitrogen and oxygen atoms in total. The Labute approximate surface area is 532 Å². The number of hydrogen-bond donors (Lipinski definition) is 0. The van der Waals surface area contributed by atoms with Crippen LogP contribution in [0.15, 0.2) is 267 Å². The molecular weight excluding hydrogens is 1120 g/mol. The number of pyridine rings is 1. The Kier molecular flexibility index (Phi) is 12.3. The highest BCUT2D eigenvalue weighted by atomic mass is 15.2. The third-order valence-corrected chi connectivity index (χ3v) is 18.7. The summed E-state index contributed by atoms with van der Waals surface area (Å²) >= 11 is 0. The Balaban J connectivity index is 1.17. The highest BCUT2D eigenvalue weighted by Crippen LogP contribution is 2.51. The van der Waals surface area contributed by atoms with Crippen molar-refractivity contribution in [1.29, 1.82) is 5.26 Å². The lowest BCUT2D eigenvalue weighted by molar-refractivity contribution is 0.591. The second-order valence-corrected chi connectivity index (χ2v) is 26.3. The van der Waals surface area contributed by atoms with E-state index in [1.54, 1.807) is 0 Å². The lowest BCUT2D eigenvalue weighted by Crippen LogP contribution is -2.16. The molecule has 6 aromatic heterocycles. The first kappa shape index (κ1) is 54.5. The van der Waals surface area contributed by atoms with Gasteiger partial charge in [-0.25, -0.2) is 15.0 Å². The Hall–Kier alpha value is -11.7. The third kappa shape index (κ3) is 8.46. The molecule has 438 valence electrons. The fourth-order valence-electron chi connectivity index (χ4n) is 14.3. The van der Waals surface area contributed by atoms with Gasteiger partial charge in [-0.3, -0.25) is 9.13 Å². The van der Waals surface area contributed by atoms with Crippen LogP contribution >= 0.6 is 0 Å². The normalized spacial score (nSPS) is 12.2. The lowest BCUT2D eigenvalue weighted by Gasteiger charge is -2.27. The van der Waals surface area contributed by atoms with Crippen molar-refractivity contribution in [2.24, 2.45) is 0 Å². The number of rotatable bonds is 8. The summed E-state index contributed by atoms with van der Waals surface area (Å²) in [6, 6.07) is 98.2. The first-order valence-electron chi connectivity index (χ1n) is 31.6. The molecule has 17 aromatic rings. The molecular formula is C84H62N8. The van der Waals surface area contributed by atoms with Crippen molar-refractivity contribution in [3.05, 3.63) is 284 Å². The molecule has 92 heavy (non-hydrogen) atoms. The van der Waals surface area contributed by atoms with Crippen molar-refractivity contribution in [3.8, 4) is 74.1 Å². The van der Waals surface area contributed by atoms with Crippen molar-refractivity contribution in [3.63, 3.8) is 0 Å². The summed E-state index contributed by atoms with van der Waals surface area (Å²) in [4.78, 5) is 17.9. The molecule has 0 bridgehead atoms. The summed E-state index contributed by atoms with van der Waals surface area (Å²) in [6.07, 6.45) is 0. The van der Waals surface area contributed by atoms with Crippen LogP contribution in [-0.4, -0.2) is 33.2 Å². The van der Waals surface area contributed by atoms with Crippen LogP contribution in [0.3, 0.4) is 0 Å². The molecule has 0 fully saturated rings. The van der Waals surface area contributed by atoms with E-state index in [2.05, 4.69) is 309 Å². The fraction of sp³-hybridized carbons (Fsp3) is 0.0952. The average molecular weight is 1180 g/mol. The Morgan fingerprint density at radius 3 is 1.07 bits per heavy atom. The van der Waals surface area contributed by atoms with Crippen LogP contribution in [0, 0.1) is 11.3 Å². The van der Waals surface area contributed by atoms with Gasteiger partial charge in [-0.15, -0.1) is 0 Å². The number of nitriles is 1. The van der Waals surface area contributed by atoms with E-state index >= 15 is 0 Å². The van der Waals surface area contributed by atoms with E-state index in [1.807, 2.05) is 24.3 Å². The molecule has 8 heteroatoms. The van der Waals surface area contributed by atoms with Crippen LogP contribution in [0.5, 0.6) is 0 Å². The van der Waals surface area contributed by atoms with E-state index < -0.39 is 0 Å². The summed E-state index contributed by atoms with van der Waals surface area (Å²) in [5, 5.41) is 19.4. The highest BCUT2D eigenvalue weighted by Gasteiger charge is 2.34. The van der Waals surface area contributed by atoms with E-state index in [1.165, 1.54) is 11.1 Å². The monoisotopic (exact) mass is 1180 g/mol. The molecule has 0 amide bonds. The van der Waals surface area contributed by atoms with Gasteiger partial charge in [0.2, 0.25) is 0 Å². The van der Waals surface area contributed by atoms with Crippen LogP contribution < -0.4 is 0 Å². The number of fused-ring (bicyclic) bond motifs is 12. The SMILES string of the molecule is CC(C)(C)c1ccc2c(c1)c1ccccc1n2-c1nc(-n2c3ccccc3c3cc(C(C)(C)C)ccc32)c(-n2c3ccccc3c3cc(C#N)ccc32)c(-c2ccccc2-c2nc(-c3ccccc3)cc(-c3ccccc3)n2)c1-n1c2ccccc2c2ccccc21. The molecule has 0 aliphatic rings. The first-order valence-corrected chi connectivity index (χ1v) is 31.6. The number of para-hydroxylation sites is 5. The van der Waals surface area contributed by atoms with E-state index in [9.17, 15) is 5.26 Å². The van der Waals surface area contributed by atoms with Crippen LogP contribution in [0.25, 0.3) is 155 Å². The van der Waals surface area contributed by atoms with Gasteiger partial charge in [0.15, 0.2) is 17.5 Å². The van der Waals surface area contributed by atoms with Crippen LogP contribution in [0.1, 0.15) is 58.2 Å². The quantitative estimate of drug-likeness (QED) is 0.152. The summed E-state index contributed by atoms with van der Waals surface area (Å²) in [5.41, 5.74) is 18.6. The van der Waals surface area contributed by atoms with Crippen molar-refractivity contribution < 1.29 is 0 Å². The topological polar surface area (TPSA) is 82.2 Å². The second-order valence-electron chi connectivity index (χ2n) is 26.3. The maximum atomic E-state index is 10.7. The lowest BCUT2D eigenvalue weighted by atomic mass is 9.86. The standard InChI is InChI=1S/C84H62N8/c1-83(2,3)55-42-45-75-65(48-55)60-32-18-23-39-72(60)91(75)81-78(89-69-36-20-15-29-57(69)58-30-16-21-37-70(58)89)77(62-34-13-14-35-63(62)80-86-67(53-25-9-7-10-26-53)50-68(87-80)54-27-11-8-12-28-54)79(90-71-38-22-17-31-59(71)64-47-52(51-85)41-44-74(64)90)82(88-81)92-73-40-24-19-33-61(73)66-49-56(84(4,5)6)43-46-76(66)92/h7-50H,1-6H3. The number of benzene rings is 11. The number of aromatic nitrogens is 7. The van der Waals surface area contributed by atoms with Crippen molar-refractivity contribution in [1.82, 2.24) is 33.2 Å². The smallest absolute Gasteiger partial charge is 0.165 e. The molecule has 0 radical (unpaired) electrons. The number of nitrogens with zero attached hydrogens (tertiary/aromatic N) is 8. The highest BCUT2D eigenvalue weighted by molar-refractivity contribution is 6.16. The average Bonchev–Trinajstić information content (AvgIpc) is 1.39. The summed E-state index contributed by atoms with van der Waals surface area (Å²) < 4.78 is 9.78. The van der Waals surface area contributed by atoms with E-state index in [-0.39, 0.29) is 10.8 Å². The van der Waals surface area contributed by atoms with Gasteiger partial charge in [-0.05, 0) is 106 Å². The van der Waals surface area contributed by atoms with Crippen LogP contribution in [-0.2, 0) is 10.8 Å². The minimum Gasteiger partial charge on any atom is -0.305 e. The molecule has 0 spiro atoms. The molecule has 11 aromatic carbocycles. The Morgan fingerprint density at radius 1 is 0.304 bits per heavy atom. The molecule has 0 atom stereocenters. The molecule has 0 aliphatic carbocycles. The fourth-order valence-corrected chi connectivity index (χ4v) is 14.3. The molecule has 0 saturated carbocycles. The zero-order valence-electron chi connectivity index (χ0n) is 52.0. The van der Waals surface area contributed by atoms with Gasteiger partial charge in [-0.2, -0.15) is 5.26 Å². The summed E-state index contributed by atoms with van der Waals surface area (Å²) in [6.45, 7) is 13.7. The van der Waals surface area contributed by atoms with E-state index in [0.717, 1.165) is 144 Å². The maximum Gasteiger partial charge on any atom is 0.165 e. The van der Waals surface area contributed by atoms with Gasteiger partial charge in [0.1, 0.15) is 11.4 Å². The predicted octanol–water partition coefficient (Wildman–Crippen LogP) is 21.4. The minimum atomic E-state index is -0.135. The summed E-state index contributed by atoms with van der Waals surface area (Å²) in [5.74, 6) is 2.00. The van der Waals surface area contributed by atoms with Gasteiger partial charge in [-0.1, -0.05) is 230 Å². The minimum absolute atomic E-state index is 0.130. The third-order valence-electron chi connectivity index (χ3n) is 18.7.